The molecule has 2 aromatic rings. The van der Waals surface area contributed by atoms with Crippen molar-refractivity contribution in [1.29, 1.82) is 0 Å². The molecule has 0 aliphatic carbocycles. The van der Waals surface area contributed by atoms with E-state index in [2.05, 4.69) is 68.4 Å². The second kappa shape index (κ2) is 8.00. The molecule has 2 aliphatic heterocycles. The minimum absolute atomic E-state index is 0.0164. The lowest BCUT2D eigenvalue weighted by molar-refractivity contribution is -0.0794. The maximum atomic E-state index is 12.6. The molecule has 4 heterocycles. The van der Waals surface area contributed by atoms with Gasteiger partial charge < -0.3 is 18.5 Å². The van der Waals surface area contributed by atoms with Crippen molar-refractivity contribution in [3.63, 3.8) is 0 Å². The fraction of sp³-hybridized carbons (Fsp3) is 0.727. The zero-order valence-electron chi connectivity index (χ0n) is 21.0. The summed E-state index contributed by atoms with van der Waals surface area (Å²) in [5.74, 6) is 0.236. The lowest BCUT2D eigenvalue weighted by atomic mass is 10.0. The summed E-state index contributed by atoms with van der Waals surface area (Å²) < 4.78 is 21.8. The molecule has 33 heavy (non-hydrogen) atoms. The molecular weight excluding hydrogens is 440 g/mol. The smallest absolute Gasteiger partial charge is 0.349 e. The first-order valence-corrected chi connectivity index (χ1v) is 13.2. The number of hydrogen-bond acceptors (Lipinski definition) is 7. The summed E-state index contributed by atoms with van der Waals surface area (Å²) in [6, 6.07) is 0. The van der Waals surface area contributed by atoms with Gasteiger partial charge in [-0.2, -0.15) is 4.98 Å². The van der Waals surface area contributed by atoms with Crippen molar-refractivity contribution in [1.82, 2.24) is 24.4 Å². The van der Waals surface area contributed by atoms with E-state index in [9.17, 15) is 4.79 Å². The van der Waals surface area contributed by atoms with Crippen LogP contribution in [0.4, 0.5) is 5.95 Å². The molecule has 2 aliphatic rings. The van der Waals surface area contributed by atoms with Gasteiger partial charge in [0.25, 0.3) is 5.56 Å². The van der Waals surface area contributed by atoms with Crippen molar-refractivity contribution in [2.45, 2.75) is 77.0 Å². The first kappa shape index (κ1) is 24.1. The number of H-pyrrole nitrogens is 1. The predicted octanol–water partition coefficient (Wildman–Crippen LogP) is 3.33. The van der Waals surface area contributed by atoms with E-state index in [1.54, 1.807) is 17.6 Å². The van der Waals surface area contributed by atoms with Crippen LogP contribution in [0.15, 0.2) is 16.1 Å². The van der Waals surface area contributed by atoms with Gasteiger partial charge in [-0.15, -0.1) is 0 Å². The highest BCUT2D eigenvalue weighted by atomic mass is 28.4. The Hall–Kier alpha value is -2.08. The molecule has 0 spiro atoms. The summed E-state index contributed by atoms with van der Waals surface area (Å²) in [7, 11) is 1.08. The van der Waals surface area contributed by atoms with Gasteiger partial charge in [0.05, 0.1) is 25.4 Å². The maximum absolute atomic E-state index is 12.6. The summed E-state index contributed by atoms with van der Waals surface area (Å²) in [5, 5.41) is -0.214. The van der Waals surface area contributed by atoms with E-state index < -0.39 is 8.56 Å². The number of rotatable bonds is 3. The number of imidazole rings is 1. The van der Waals surface area contributed by atoms with E-state index in [-0.39, 0.29) is 51.5 Å². The van der Waals surface area contributed by atoms with Gasteiger partial charge >= 0.3 is 8.56 Å². The van der Waals surface area contributed by atoms with Crippen molar-refractivity contribution in [2.75, 3.05) is 20.7 Å². The van der Waals surface area contributed by atoms with Gasteiger partial charge in [0.2, 0.25) is 5.95 Å². The van der Waals surface area contributed by atoms with Crippen LogP contribution >= 0.6 is 0 Å². The number of aromatic nitrogens is 4. The molecule has 182 valence electrons. The Morgan fingerprint density at radius 1 is 1.24 bits per heavy atom. The number of nitrogens with one attached hydrogen (secondary N) is 1. The van der Waals surface area contributed by atoms with Crippen molar-refractivity contribution in [3.8, 4) is 0 Å². The van der Waals surface area contributed by atoms with E-state index in [1.807, 2.05) is 18.7 Å². The third-order valence-electron chi connectivity index (χ3n) is 6.48. The molecule has 2 fully saturated rings. The summed E-state index contributed by atoms with van der Waals surface area (Å²) >= 11 is 0. The Balaban J connectivity index is 1.70. The molecule has 1 unspecified atom stereocenters. The minimum Gasteiger partial charge on any atom is -0.391 e. The van der Waals surface area contributed by atoms with Gasteiger partial charge in [0.15, 0.2) is 11.2 Å². The normalized spacial score (nSPS) is 27.9. The molecule has 10 nitrogen and oxygen atoms in total. The fourth-order valence-corrected chi connectivity index (χ4v) is 10.2. The Morgan fingerprint density at radius 2 is 1.91 bits per heavy atom. The van der Waals surface area contributed by atoms with Crippen LogP contribution in [0.25, 0.3) is 11.2 Å². The largest absolute Gasteiger partial charge is 0.391 e. The van der Waals surface area contributed by atoms with Crippen LogP contribution in [0.3, 0.4) is 0 Å². The zero-order chi connectivity index (χ0) is 24.3. The molecule has 0 bridgehead atoms. The van der Waals surface area contributed by atoms with Crippen molar-refractivity contribution < 1.29 is 13.6 Å². The molecule has 0 radical (unpaired) electrons. The highest BCUT2D eigenvalue weighted by Crippen LogP contribution is 2.56. The molecule has 0 saturated carbocycles. The van der Waals surface area contributed by atoms with Crippen LogP contribution in [-0.4, -0.2) is 72.2 Å². The number of nitrogens with zero attached hydrogens (tertiary/aromatic N) is 5. The number of aliphatic imine (C=N–C) groups is 1. The van der Waals surface area contributed by atoms with E-state index in [0.717, 1.165) is 0 Å². The fourth-order valence-electron chi connectivity index (χ4n) is 5.19. The lowest BCUT2D eigenvalue weighted by Crippen LogP contribution is -2.64. The van der Waals surface area contributed by atoms with Crippen LogP contribution in [0, 0.1) is 5.92 Å². The minimum atomic E-state index is -2.62. The third-order valence-corrected chi connectivity index (χ3v) is 11.6. The van der Waals surface area contributed by atoms with Crippen LogP contribution < -0.4 is 5.56 Å². The number of hydrogen-bond donors (Lipinski definition) is 1. The van der Waals surface area contributed by atoms with E-state index in [4.69, 9.17) is 13.6 Å². The van der Waals surface area contributed by atoms with E-state index in [0.29, 0.717) is 12.3 Å². The quantitative estimate of drug-likeness (QED) is 0.411. The molecule has 0 aromatic carbocycles. The van der Waals surface area contributed by atoms with Gasteiger partial charge in [-0.05, 0) is 0 Å². The summed E-state index contributed by atoms with van der Waals surface area (Å²) in [4.78, 5) is 30.1. The number of aromatic amines is 1. The van der Waals surface area contributed by atoms with Crippen molar-refractivity contribution in [3.05, 3.63) is 16.7 Å². The predicted molar refractivity (Wildman–Crippen MR) is 129 cm³/mol. The first-order valence-electron chi connectivity index (χ1n) is 11.4. The average molecular weight is 477 g/mol. The van der Waals surface area contributed by atoms with Gasteiger partial charge in [-0.3, -0.25) is 14.3 Å². The Kier molecular flexibility index (Phi) is 5.83. The number of fused-ring (bicyclic) bond motifs is 2. The van der Waals surface area contributed by atoms with E-state index in [1.165, 1.54) is 0 Å². The maximum Gasteiger partial charge on any atom is 0.349 e. The third kappa shape index (κ3) is 3.94. The molecular formula is C22H36N6O4Si. The monoisotopic (exact) mass is 476 g/mol. The lowest BCUT2D eigenvalue weighted by Gasteiger charge is -2.53. The van der Waals surface area contributed by atoms with Crippen LogP contribution in [0.5, 0.6) is 0 Å². The van der Waals surface area contributed by atoms with Crippen molar-refractivity contribution in [2.24, 2.45) is 10.9 Å². The number of ether oxygens (including phenoxy) is 1. The molecule has 11 heteroatoms. The summed E-state index contributed by atoms with van der Waals surface area (Å²) in [6.07, 6.45) is 2.52. The first-order chi connectivity index (χ1) is 15.2. The zero-order valence-corrected chi connectivity index (χ0v) is 22.0. The van der Waals surface area contributed by atoms with Gasteiger partial charge in [0, 0.05) is 30.1 Å². The van der Waals surface area contributed by atoms with Gasteiger partial charge in [-0.25, -0.2) is 9.98 Å². The summed E-state index contributed by atoms with van der Waals surface area (Å²) in [5.41, 5.74) is 0.366. The van der Waals surface area contributed by atoms with Crippen LogP contribution in [-0.2, 0) is 13.6 Å². The topological polar surface area (TPSA) is 107 Å². The Labute approximate surface area is 195 Å². The molecule has 4 rings (SSSR count). The Morgan fingerprint density at radius 3 is 2.52 bits per heavy atom. The Bertz CT molecular complexity index is 1100. The summed E-state index contributed by atoms with van der Waals surface area (Å²) in [6.45, 7) is 15.9. The second-order valence-corrected chi connectivity index (χ2v) is 16.1. The standard InChI is InChI=1S/C22H36N6O4Si/c1-13-16-14(10-30-33(32-16,21(2,3)4)22(5,6)7)31-19(13)28-12-23-15-17(28)25-20(26-18(15)29)24-11-27(8)9/h11-14,16,19H,10H2,1-9H3,(H,25,26,29)/t13-,14+,16?,19+/m0/s1. The SMILES string of the molecule is C[C@H]1C2O[Si](C(C)(C)C)(C(C)(C)C)OC[C@H]2O[C@H]1n1cnc2c(=O)[nH]c(N=CN(C)C)nc21. The van der Waals surface area contributed by atoms with Crippen LogP contribution in [0.2, 0.25) is 10.1 Å². The molecule has 1 N–H and O–H groups in total. The van der Waals surface area contributed by atoms with Crippen LogP contribution in [0.1, 0.15) is 54.7 Å². The van der Waals surface area contributed by atoms with Gasteiger partial charge in [-0.1, -0.05) is 48.5 Å². The van der Waals surface area contributed by atoms with Gasteiger partial charge in [0.1, 0.15) is 12.3 Å². The molecule has 0 amide bonds. The highest BCUT2D eigenvalue weighted by molar-refractivity contribution is 6.73. The second-order valence-electron chi connectivity index (χ2n) is 11.4. The van der Waals surface area contributed by atoms with E-state index >= 15 is 0 Å². The molecule has 4 atom stereocenters. The molecule has 2 saturated heterocycles. The highest BCUT2D eigenvalue weighted by Gasteiger charge is 2.64. The molecule has 2 aromatic heterocycles. The van der Waals surface area contributed by atoms with Crippen molar-refractivity contribution >= 4 is 32.0 Å². The average Bonchev–Trinajstić information content (AvgIpc) is 3.25.